The van der Waals surface area contributed by atoms with Gasteiger partial charge in [0.2, 0.25) is 15.9 Å². The van der Waals surface area contributed by atoms with Crippen molar-refractivity contribution in [2.45, 2.75) is 30.7 Å². The van der Waals surface area contributed by atoms with Crippen molar-refractivity contribution in [1.29, 1.82) is 0 Å². The Kier molecular flexibility index (Phi) is 7.78. The predicted molar refractivity (Wildman–Crippen MR) is 104 cm³/mol. The van der Waals surface area contributed by atoms with E-state index in [0.29, 0.717) is 36.0 Å². The number of rotatable bonds is 7. The molecule has 2 N–H and O–H groups in total. The van der Waals surface area contributed by atoms with Crippen LogP contribution in [0.4, 0.5) is 0 Å². The molecular formula is C17H24BrN3O5S. The van der Waals surface area contributed by atoms with Crippen molar-refractivity contribution in [3.05, 3.63) is 28.2 Å². The topological polar surface area (TPSA) is 105 Å². The lowest BCUT2D eigenvalue weighted by Gasteiger charge is -2.32. The van der Waals surface area contributed by atoms with E-state index < -0.39 is 10.0 Å². The van der Waals surface area contributed by atoms with E-state index in [2.05, 4.69) is 26.0 Å². The molecule has 27 heavy (non-hydrogen) atoms. The first-order chi connectivity index (χ1) is 12.7. The summed E-state index contributed by atoms with van der Waals surface area (Å²) < 4.78 is 32.5. The maximum absolute atomic E-state index is 12.9. The minimum atomic E-state index is -3.73. The van der Waals surface area contributed by atoms with Crippen molar-refractivity contribution in [1.82, 2.24) is 14.9 Å². The van der Waals surface area contributed by atoms with Gasteiger partial charge < -0.3 is 15.0 Å². The molecule has 1 aliphatic rings. The molecule has 2 rings (SSSR count). The van der Waals surface area contributed by atoms with E-state index in [9.17, 15) is 18.0 Å². The third kappa shape index (κ3) is 6.00. The lowest BCUT2D eigenvalue weighted by atomic mass is 10.0. The van der Waals surface area contributed by atoms with Gasteiger partial charge in [0.05, 0.1) is 17.1 Å². The molecule has 0 radical (unpaired) electrons. The summed E-state index contributed by atoms with van der Waals surface area (Å²) in [5.41, 5.74) is 0.294. The summed E-state index contributed by atoms with van der Waals surface area (Å²) in [7, 11) is -2.24. The number of carbonyl (C=O) groups excluding carboxylic acids is 2. The van der Waals surface area contributed by atoms with E-state index in [-0.39, 0.29) is 35.9 Å². The summed E-state index contributed by atoms with van der Waals surface area (Å²) in [4.78, 5) is 25.7. The van der Waals surface area contributed by atoms with Crippen LogP contribution in [0.5, 0.6) is 0 Å². The van der Waals surface area contributed by atoms with Crippen LogP contribution in [-0.2, 0) is 19.6 Å². The molecule has 10 heteroatoms. The smallest absolute Gasteiger partial charge is 0.255 e. The number of hydrogen-bond donors (Lipinski definition) is 2. The first-order valence-electron chi connectivity index (χ1n) is 8.59. The van der Waals surface area contributed by atoms with Crippen molar-refractivity contribution in [3.8, 4) is 0 Å². The number of piperidine rings is 1. The van der Waals surface area contributed by atoms with E-state index in [0.717, 1.165) is 0 Å². The van der Waals surface area contributed by atoms with Gasteiger partial charge in [-0.15, -0.1) is 0 Å². The van der Waals surface area contributed by atoms with Gasteiger partial charge in [0.15, 0.2) is 0 Å². The lowest BCUT2D eigenvalue weighted by molar-refractivity contribution is -0.119. The third-order valence-electron chi connectivity index (χ3n) is 4.27. The van der Waals surface area contributed by atoms with Crippen LogP contribution in [0, 0.1) is 0 Å². The molecule has 1 fully saturated rings. The fourth-order valence-electron chi connectivity index (χ4n) is 2.88. The Morgan fingerprint density at radius 1 is 1.30 bits per heavy atom. The minimum absolute atomic E-state index is 0.0262. The Hall–Kier alpha value is -1.49. The predicted octanol–water partition coefficient (Wildman–Crippen LogP) is 1.11. The number of ether oxygens (including phenoxy) is 1. The van der Waals surface area contributed by atoms with Gasteiger partial charge in [0.1, 0.15) is 0 Å². The molecule has 1 saturated heterocycles. The maximum Gasteiger partial charge on any atom is 0.255 e. The lowest BCUT2D eigenvalue weighted by Crippen LogP contribution is -2.46. The van der Waals surface area contributed by atoms with Crippen molar-refractivity contribution < 1.29 is 22.7 Å². The summed E-state index contributed by atoms with van der Waals surface area (Å²) in [6.45, 7) is 2.87. The Morgan fingerprint density at radius 3 is 2.56 bits per heavy atom. The van der Waals surface area contributed by atoms with Gasteiger partial charge in [-0.2, -0.15) is 0 Å². The number of hydrogen-bond acceptors (Lipinski definition) is 5. The number of benzene rings is 1. The number of nitrogens with one attached hydrogen (secondary N) is 2. The fourth-order valence-corrected chi connectivity index (χ4v) is 4.34. The Bertz CT molecular complexity index is 792. The molecule has 8 nitrogen and oxygen atoms in total. The molecule has 0 bridgehead atoms. The second kappa shape index (κ2) is 9.63. The zero-order chi connectivity index (χ0) is 20.0. The second-order valence-corrected chi connectivity index (χ2v) is 8.92. The van der Waals surface area contributed by atoms with Gasteiger partial charge in [0.25, 0.3) is 5.91 Å². The maximum atomic E-state index is 12.9. The number of likely N-dealkylation sites (tertiary alicyclic amines) is 1. The molecule has 0 unspecified atom stereocenters. The zero-order valence-corrected chi connectivity index (χ0v) is 17.7. The molecule has 2 amide bonds. The van der Waals surface area contributed by atoms with E-state index in [1.807, 2.05) is 0 Å². The summed E-state index contributed by atoms with van der Waals surface area (Å²) >= 11 is 3.33. The summed E-state index contributed by atoms with van der Waals surface area (Å²) in [6, 6.07) is 4.44. The van der Waals surface area contributed by atoms with Crippen LogP contribution in [0.15, 0.2) is 27.6 Å². The Morgan fingerprint density at radius 2 is 1.96 bits per heavy atom. The SMILES string of the molecule is COCCNS(=O)(=O)c1ccc(Br)c(C(=O)N2CCC(NC(C)=O)CC2)c1. The number of amides is 2. The number of nitrogens with zero attached hydrogens (tertiary/aromatic N) is 1. The number of halogens is 1. The van der Waals surface area contributed by atoms with Crippen LogP contribution in [0.3, 0.4) is 0 Å². The molecule has 1 aromatic carbocycles. The van der Waals surface area contributed by atoms with Gasteiger partial charge in [-0.05, 0) is 47.0 Å². The van der Waals surface area contributed by atoms with Crippen molar-refractivity contribution in [2.24, 2.45) is 0 Å². The van der Waals surface area contributed by atoms with Crippen molar-refractivity contribution in [3.63, 3.8) is 0 Å². The van der Waals surface area contributed by atoms with Gasteiger partial charge in [-0.1, -0.05) is 0 Å². The molecule has 0 atom stereocenters. The van der Waals surface area contributed by atoms with Gasteiger partial charge in [0, 0.05) is 44.2 Å². The Balaban J connectivity index is 2.12. The van der Waals surface area contributed by atoms with Crippen LogP contribution in [0.25, 0.3) is 0 Å². The molecule has 0 aromatic heterocycles. The normalized spacial score (nSPS) is 15.6. The first kappa shape index (κ1) is 21.8. The van der Waals surface area contributed by atoms with Gasteiger partial charge in [-0.25, -0.2) is 13.1 Å². The average Bonchev–Trinajstić information content (AvgIpc) is 2.61. The molecular weight excluding hydrogens is 438 g/mol. The van der Waals surface area contributed by atoms with E-state index in [1.165, 1.54) is 26.2 Å². The molecule has 0 saturated carbocycles. The number of sulfonamides is 1. The van der Waals surface area contributed by atoms with Gasteiger partial charge in [-0.3, -0.25) is 9.59 Å². The zero-order valence-electron chi connectivity index (χ0n) is 15.3. The summed E-state index contributed by atoms with van der Waals surface area (Å²) in [5, 5.41) is 2.86. The summed E-state index contributed by atoms with van der Waals surface area (Å²) in [5.74, 6) is -0.321. The monoisotopic (exact) mass is 461 g/mol. The summed E-state index contributed by atoms with van der Waals surface area (Å²) in [6.07, 6.45) is 1.33. The quantitative estimate of drug-likeness (QED) is 0.591. The van der Waals surface area contributed by atoms with Crippen LogP contribution in [-0.4, -0.2) is 64.5 Å². The second-order valence-electron chi connectivity index (χ2n) is 6.30. The number of carbonyl (C=O) groups is 2. The third-order valence-corrected chi connectivity index (χ3v) is 6.42. The highest BCUT2D eigenvalue weighted by Gasteiger charge is 2.26. The molecule has 1 aromatic rings. The highest BCUT2D eigenvalue weighted by molar-refractivity contribution is 9.10. The van der Waals surface area contributed by atoms with E-state index >= 15 is 0 Å². The highest BCUT2D eigenvalue weighted by Crippen LogP contribution is 2.24. The van der Waals surface area contributed by atoms with E-state index in [4.69, 9.17) is 4.74 Å². The molecule has 150 valence electrons. The van der Waals surface area contributed by atoms with Crippen LogP contribution in [0.1, 0.15) is 30.1 Å². The van der Waals surface area contributed by atoms with Crippen LogP contribution in [0.2, 0.25) is 0 Å². The van der Waals surface area contributed by atoms with Gasteiger partial charge >= 0.3 is 0 Å². The molecule has 1 aliphatic heterocycles. The fraction of sp³-hybridized carbons (Fsp3) is 0.529. The molecule has 0 aliphatic carbocycles. The molecule has 1 heterocycles. The minimum Gasteiger partial charge on any atom is -0.383 e. The van der Waals surface area contributed by atoms with Crippen molar-refractivity contribution in [2.75, 3.05) is 33.4 Å². The van der Waals surface area contributed by atoms with E-state index in [1.54, 1.807) is 11.0 Å². The Labute approximate surface area is 167 Å². The highest BCUT2D eigenvalue weighted by atomic mass is 79.9. The van der Waals surface area contributed by atoms with Crippen LogP contribution < -0.4 is 10.0 Å². The first-order valence-corrected chi connectivity index (χ1v) is 10.9. The number of methoxy groups -OCH3 is 1. The largest absolute Gasteiger partial charge is 0.383 e. The average molecular weight is 462 g/mol. The van der Waals surface area contributed by atoms with Crippen molar-refractivity contribution >= 4 is 37.8 Å². The molecule has 0 spiro atoms. The van der Waals surface area contributed by atoms with Crippen LogP contribution >= 0.6 is 15.9 Å². The standard InChI is InChI=1S/C17H24BrN3O5S/c1-12(22)20-13-5-8-21(9-6-13)17(23)15-11-14(3-4-16(15)18)27(24,25)19-7-10-26-2/h3-4,11,13,19H,5-10H2,1-2H3,(H,20,22).